The van der Waals surface area contributed by atoms with Crippen LogP contribution in [0, 0.1) is 6.92 Å². The van der Waals surface area contributed by atoms with Crippen LogP contribution in [0.4, 0.5) is 11.8 Å². The van der Waals surface area contributed by atoms with E-state index < -0.39 is 10.0 Å². The van der Waals surface area contributed by atoms with Crippen LogP contribution in [0.2, 0.25) is 0 Å². The van der Waals surface area contributed by atoms with Crippen molar-refractivity contribution >= 4 is 21.8 Å². The molecule has 9 heteroatoms. The smallest absolute Gasteiger partial charge is 0.238 e. The molecule has 2 aromatic rings. The topological polar surface area (TPSA) is 121 Å². The van der Waals surface area contributed by atoms with Crippen molar-refractivity contribution < 1.29 is 13.5 Å². The summed E-state index contributed by atoms with van der Waals surface area (Å²) in [6.45, 7) is 5.03. The van der Waals surface area contributed by atoms with E-state index in [1.54, 1.807) is 12.1 Å². The number of nitrogens with one attached hydrogen (secondary N) is 1. The monoisotopic (exact) mass is 377 g/mol. The lowest BCUT2D eigenvalue weighted by molar-refractivity contribution is 0.281. The van der Waals surface area contributed by atoms with Gasteiger partial charge in [0.1, 0.15) is 5.82 Å². The van der Waals surface area contributed by atoms with Gasteiger partial charge in [-0.25, -0.2) is 18.5 Å². The molecule has 1 aromatic heterocycles. The van der Waals surface area contributed by atoms with Gasteiger partial charge in [0.05, 0.1) is 11.5 Å². The highest BCUT2D eigenvalue weighted by molar-refractivity contribution is 7.89. The van der Waals surface area contributed by atoms with Gasteiger partial charge in [0.2, 0.25) is 16.0 Å². The fraction of sp³-hybridized carbons (Fsp3) is 0.412. The number of hydrogen-bond donors (Lipinski definition) is 3. The van der Waals surface area contributed by atoms with Gasteiger partial charge < -0.3 is 15.3 Å². The molecule has 0 radical (unpaired) electrons. The van der Waals surface area contributed by atoms with Crippen molar-refractivity contribution in [3.05, 3.63) is 41.1 Å². The average molecular weight is 377 g/mol. The Labute approximate surface area is 153 Å². The number of benzene rings is 1. The van der Waals surface area contributed by atoms with Crippen LogP contribution in [0.5, 0.6) is 0 Å². The highest BCUT2D eigenvalue weighted by atomic mass is 32.2. The molecule has 2 heterocycles. The highest BCUT2D eigenvalue weighted by Gasteiger charge is 2.21. The third-order valence-electron chi connectivity index (χ3n) is 4.33. The van der Waals surface area contributed by atoms with Crippen molar-refractivity contribution in [3.63, 3.8) is 0 Å². The molecule has 26 heavy (non-hydrogen) atoms. The number of aliphatic hydroxyl groups excluding tert-OH is 1. The maximum absolute atomic E-state index is 11.6. The van der Waals surface area contributed by atoms with Crippen molar-refractivity contribution in [3.8, 4) is 0 Å². The fourth-order valence-electron chi connectivity index (χ4n) is 2.95. The molecule has 1 aliphatic rings. The van der Waals surface area contributed by atoms with E-state index in [0.29, 0.717) is 12.5 Å². The lowest BCUT2D eigenvalue weighted by Gasteiger charge is -2.30. The molecule has 140 valence electrons. The standard InChI is InChI=1S/C17H23N5O3S/c1-11-7-16(21-17(19-11)20-12(2)10-23)22-6-5-13-3-4-15(26(18,24)25)8-14(13)9-22/h3-4,7-8,12,23H,5-6,9-10H2,1-2H3,(H2,18,24,25)(H,19,20,21)/t12-/m1/s1. The first kappa shape index (κ1) is 18.6. The summed E-state index contributed by atoms with van der Waals surface area (Å²) in [5.74, 6) is 1.22. The highest BCUT2D eigenvalue weighted by Crippen LogP contribution is 2.26. The molecule has 0 aliphatic carbocycles. The molecular weight excluding hydrogens is 354 g/mol. The quantitative estimate of drug-likeness (QED) is 0.704. The summed E-state index contributed by atoms with van der Waals surface area (Å²) in [7, 11) is -3.73. The molecule has 0 fully saturated rings. The van der Waals surface area contributed by atoms with Crippen molar-refractivity contribution in [2.24, 2.45) is 5.14 Å². The van der Waals surface area contributed by atoms with Gasteiger partial charge >= 0.3 is 0 Å². The fourth-order valence-corrected chi connectivity index (χ4v) is 3.51. The molecule has 1 atom stereocenters. The number of hydrogen-bond acceptors (Lipinski definition) is 7. The molecule has 1 aliphatic heterocycles. The number of nitrogens with two attached hydrogens (primary N) is 1. The minimum absolute atomic E-state index is 0.0138. The summed E-state index contributed by atoms with van der Waals surface area (Å²) < 4.78 is 23.2. The third-order valence-corrected chi connectivity index (χ3v) is 5.24. The molecule has 0 saturated heterocycles. The van der Waals surface area contributed by atoms with E-state index in [-0.39, 0.29) is 17.5 Å². The van der Waals surface area contributed by atoms with Crippen LogP contribution in [0.3, 0.4) is 0 Å². The zero-order valence-corrected chi connectivity index (χ0v) is 15.6. The minimum Gasteiger partial charge on any atom is -0.394 e. The number of aromatic nitrogens is 2. The normalized spacial score (nSPS) is 15.5. The summed E-state index contributed by atoms with van der Waals surface area (Å²) in [5, 5.41) is 17.5. The van der Waals surface area contributed by atoms with Gasteiger partial charge in [-0.2, -0.15) is 4.98 Å². The van der Waals surface area contributed by atoms with Crippen LogP contribution in [0.1, 0.15) is 23.7 Å². The SMILES string of the molecule is Cc1cc(N2CCc3ccc(S(N)(=O)=O)cc3C2)nc(N[C@H](C)CO)n1. The Hall–Kier alpha value is -2.23. The molecule has 0 amide bonds. The number of anilines is 2. The van der Waals surface area contributed by atoms with Crippen molar-refractivity contribution in [2.45, 2.75) is 37.8 Å². The minimum atomic E-state index is -3.73. The predicted molar refractivity (Wildman–Crippen MR) is 99.5 cm³/mol. The first-order valence-electron chi connectivity index (χ1n) is 8.39. The number of fused-ring (bicyclic) bond motifs is 1. The zero-order chi connectivity index (χ0) is 18.9. The van der Waals surface area contributed by atoms with E-state index in [1.807, 2.05) is 26.0 Å². The Kier molecular flexibility index (Phi) is 5.12. The van der Waals surface area contributed by atoms with Crippen molar-refractivity contribution in [2.75, 3.05) is 23.4 Å². The maximum atomic E-state index is 11.6. The third kappa shape index (κ3) is 4.12. The second-order valence-electron chi connectivity index (χ2n) is 6.57. The van der Waals surface area contributed by atoms with Crippen LogP contribution < -0.4 is 15.4 Å². The Balaban J connectivity index is 1.88. The Morgan fingerprint density at radius 1 is 1.31 bits per heavy atom. The average Bonchev–Trinajstić information content (AvgIpc) is 2.59. The van der Waals surface area contributed by atoms with Gasteiger partial charge in [-0.3, -0.25) is 0 Å². The number of sulfonamides is 1. The number of rotatable bonds is 5. The number of nitrogens with zero attached hydrogens (tertiary/aromatic N) is 3. The molecule has 0 saturated carbocycles. The second kappa shape index (κ2) is 7.18. The van der Waals surface area contributed by atoms with E-state index in [1.165, 1.54) is 0 Å². The molecule has 1 aromatic carbocycles. The molecule has 3 rings (SSSR count). The summed E-state index contributed by atoms with van der Waals surface area (Å²) in [4.78, 5) is 11.1. The summed E-state index contributed by atoms with van der Waals surface area (Å²) in [6.07, 6.45) is 0.791. The van der Waals surface area contributed by atoms with Gasteiger partial charge in [-0.05, 0) is 43.5 Å². The lowest BCUT2D eigenvalue weighted by atomic mass is 10.00. The number of aliphatic hydroxyl groups is 1. The van der Waals surface area contributed by atoms with Crippen LogP contribution in [0.25, 0.3) is 0 Å². The van der Waals surface area contributed by atoms with E-state index in [9.17, 15) is 13.5 Å². The Morgan fingerprint density at radius 2 is 2.08 bits per heavy atom. The second-order valence-corrected chi connectivity index (χ2v) is 8.13. The van der Waals surface area contributed by atoms with E-state index in [2.05, 4.69) is 20.2 Å². The summed E-state index contributed by atoms with van der Waals surface area (Å²) >= 11 is 0. The zero-order valence-electron chi connectivity index (χ0n) is 14.8. The maximum Gasteiger partial charge on any atom is 0.238 e. The van der Waals surface area contributed by atoms with E-state index >= 15 is 0 Å². The molecule has 0 unspecified atom stereocenters. The first-order chi connectivity index (χ1) is 12.3. The van der Waals surface area contributed by atoms with Crippen LogP contribution in [-0.2, 0) is 23.0 Å². The molecule has 8 nitrogen and oxygen atoms in total. The number of aryl methyl sites for hydroxylation is 1. The summed E-state index contributed by atoms with van der Waals surface area (Å²) in [5.41, 5.74) is 2.86. The first-order valence-corrected chi connectivity index (χ1v) is 9.93. The largest absolute Gasteiger partial charge is 0.394 e. The number of primary sulfonamides is 1. The van der Waals surface area contributed by atoms with Gasteiger partial charge in [0.25, 0.3) is 0 Å². The van der Waals surface area contributed by atoms with Crippen molar-refractivity contribution in [1.29, 1.82) is 0 Å². The van der Waals surface area contributed by atoms with Gasteiger partial charge in [0, 0.05) is 30.9 Å². The van der Waals surface area contributed by atoms with Crippen LogP contribution in [0.15, 0.2) is 29.2 Å². The lowest BCUT2D eigenvalue weighted by Crippen LogP contribution is -2.32. The van der Waals surface area contributed by atoms with Crippen molar-refractivity contribution in [1.82, 2.24) is 9.97 Å². The predicted octanol–water partition coefficient (Wildman–Crippen LogP) is 0.788. The molecule has 0 spiro atoms. The van der Waals surface area contributed by atoms with Gasteiger partial charge in [-0.15, -0.1) is 0 Å². The Bertz CT molecular complexity index is 917. The van der Waals surface area contributed by atoms with Gasteiger partial charge in [-0.1, -0.05) is 6.07 Å². The molecule has 4 N–H and O–H groups in total. The van der Waals surface area contributed by atoms with Crippen LogP contribution in [-0.4, -0.2) is 42.7 Å². The van der Waals surface area contributed by atoms with E-state index in [4.69, 9.17) is 5.14 Å². The molecular formula is C17H23N5O3S. The molecule has 0 bridgehead atoms. The summed E-state index contributed by atoms with van der Waals surface area (Å²) in [6, 6.07) is 6.76. The Morgan fingerprint density at radius 3 is 2.77 bits per heavy atom. The van der Waals surface area contributed by atoms with Gasteiger partial charge in [0.15, 0.2) is 0 Å². The van der Waals surface area contributed by atoms with Crippen LogP contribution >= 0.6 is 0 Å². The van der Waals surface area contributed by atoms with E-state index in [0.717, 1.165) is 35.6 Å².